The van der Waals surface area contributed by atoms with Crippen molar-refractivity contribution in [1.82, 2.24) is 0 Å². The first-order valence-electron chi connectivity index (χ1n) is 5.17. The zero-order chi connectivity index (χ0) is 9.10. The van der Waals surface area contributed by atoms with Crippen LogP contribution in [0.2, 0.25) is 0 Å². The Hall–Kier alpha value is -0.120. The van der Waals surface area contributed by atoms with Gasteiger partial charge in [0.25, 0.3) is 0 Å². The lowest BCUT2D eigenvalue weighted by atomic mass is 9.61. The summed E-state index contributed by atoms with van der Waals surface area (Å²) in [7, 11) is 0. The summed E-state index contributed by atoms with van der Waals surface area (Å²) in [5.41, 5.74) is -0.390. The smallest absolute Gasteiger partial charge is 0.166 e. The normalized spacial score (nSPS) is 58.6. The van der Waals surface area contributed by atoms with Gasteiger partial charge in [-0.3, -0.25) is 0 Å². The van der Waals surface area contributed by atoms with Gasteiger partial charge in [0.05, 0.1) is 12.2 Å². The van der Waals surface area contributed by atoms with Gasteiger partial charge in [-0.15, -0.1) is 0 Å². The highest BCUT2D eigenvalue weighted by Crippen LogP contribution is 2.56. The lowest BCUT2D eigenvalue weighted by Crippen LogP contribution is -2.62. The molecule has 13 heavy (non-hydrogen) atoms. The lowest BCUT2D eigenvalue weighted by molar-refractivity contribution is -0.360. The molecule has 0 unspecified atom stereocenters. The molecule has 4 fully saturated rings. The summed E-state index contributed by atoms with van der Waals surface area (Å²) < 4.78 is 5.65. The van der Waals surface area contributed by atoms with Crippen molar-refractivity contribution in [1.29, 1.82) is 0 Å². The van der Waals surface area contributed by atoms with Crippen LogP contribution in [0.5, 0.6) is 0 Å². The van der Waals surface area contributed by atoms with E-state index in [1.807, 2.05) is 0 Å². The van der Waals surface area contributed by atoms with Crippen LogP contribution in [0.15, 0.2) is 0 Å². The van der Waals surface area contributed by atoms with Gasteiger partial charge in [-0.05, 0) is 31.1 Å². The van der Waals surface area contributed by atoms with Crippen molar-refractivity contribution in [2.75, 3.05) is 6.61 Å². The van der Waals surface area contributed by atoms with Crippen molar-refractivity contribution in [2.24, 2.45) is 11.8 Å². The van der Waals surface area contributed by atoms with Gasteiger partial charge in [0.1, 0.15) is 0 Å². The van der Waals surface area contributed by atoms with E-state index >= 15 is 0 Å². The third-order valence-electron chi connectivity index (χ3n) is 3.90. The number of hydrogen-bond donors (Lipinski definition) is 2. The Balaban J connectivity index is 1.95. The molecule has 4 atom stereocenters. The average Bonchev–Trinajstić information content (AvgIpc) is 1.99. The summed E-state index contributed by atoms with van der Waals surface area (Å²) in [4.78, 5) is 0. The molecule has 4 rings (SSSR count). The second kappa shape index (κ2) is 2.27. The Morgan fingerprint density at radius 1 is 1.15 bits per heavy atom. The molecule has 2 aliphatic heterocycles. The number of aliphatic hydroxyl groups is 2. The molecule has 3 heteroatoms. The Morgan fingerprint density at radius 3 is 2.23 bits per heavy atom. The fourth-order valence-corrected chi connectivity index (χ4v) is 3.80. The standard InChI is InChI=1S/C10H16O3/c11-6-9-2-7-1-8(3-9)5-10(12,4-7)13-9/h7-8,11-12H,1-6H2/t7-,8+,9+,10-. The maximum absolute atomic E-state index is 10.1. The highest BCUT2D eigenvalue weighted by atomic mass is 16.6. The molecule has 2 saturated heterocycles. The molecule has 0 amide bonds. The average molecular weight is 184 g/mol. The van der Waals surface area contributed by atoms with Gasteiger partial charge in [-0.1, -0.05) is 0 Å². The molecule has 0 aromatic rings. The number of hydrogen-bond acceptors (Lipinski definition) is 3. The van der Waals surface area contributed by atoms with Crippen LogP contribution >= 0.6 is 0 Å². The van der Waals surface area contributed by atoms with E-state index in [1.165, 1.54) is 6.42 Å². The number of aliphatic hydroxyl groups excluding tert-OH is 1. The van der Waals surface area contributed by atoms with Gasteiger partial charge in [0, 0.05) is 12.8 Å². The first-order valence-corrected chi connectivity index (χ1v) is 5.17. The van der Waals surface area contributed by atoms with E-state index in [9.17, 15) is 10.2 Å². The first-order chi connectivity index (χ1) is 6.13. The summed E-state index contributed by atoms with van der Waals surface area (Å²) in [6.45, 7) is 0.0717. The van der Waals surface area contributed by atoms with Gasteiger partial charge in [0.15, 0.2) is 5.79 Å². The van der Waals surface area contributed by atoms with Gasteiger partial charge in [-0.25, -0.2) is 0 Å². The minimum atomic E-state index is -0.896. The van der Waals surface area contributed by atoms with E-state index in [1.54, 1.807) is 0 Å². The fraction of sp³-hybridized carbons (Fsp3) is 1.00. The van der Waals surface area contributed by atoms with Crippen molar-refractivity contribution < 1.29 is 14.9 Å². The van der Waals surface area contributed by atoms with E-state index < -0.39 is 11.4 Å². The molecule has 2 saturated carbocycles. The van der Waals surface area contributed by atoms with Crippen LogP contribution in [0, 0.1) is 11.8 Å². The van der Waals surface area contributed by atoms with E-state index in [0.717, 1.165) is 25.7 Å². The van der Waals surface area contributed by atoms with Crippen LogP contribution in [0.3, 0.4) is 0 Å². The van der Waals surface area contributed by atoms with Crippen LogP contribution in [0.25, 0.3) is 0 Å². The molecule has 0 spiro atoms. The first kappa shape index (κ1) is 8.21. The SMILES string of the molecule is OC[C@]12C[C@@H]3C[C@@H](C[C@](O)(C3)O1)C2. The maximum atomic E-state index is 10.1. The second-order valence-corrected chi connectivity index (χ2v) is 5.17. The topological polar surface area (TPSA) is 49.7 Å². The fourth-order valence-electron chi connectivity index (χ4n) is 3.80. The van der Waals surface area contributed by atoms with Crippen molar-refractivity contribution in [3.63, 3.8) is 0 Å². The van der Waals surface area contributed by atoms with Crippen molar-refractivity contribution in [2.45, 2.75) is 43.5 Å². The van der Waals surface area contributed by atoms with Gasteiger partial charge in [0.2, 0.25) is 0 Å². The summed E-state index contributed by atoms with van der Waals surface area (Å²) in [5.74, 6) is 0.268. The molecule has 4 bridgehead atoms. The molecule has 2 aliphatic carbocycles. The molecular formula is C10H16O3. The van der Waals surface area contributed by atoms with Crippen LogP contribution < -0.4 is 0 Å². The van der Waals surface area contributed by atoms with Crippen LogP contribution in [-0.2, 0) is 4.74 Å². The number of ether oxygens (including phenoxy) is 1. The highest BCUT2D eigenvalue weighted by Gasteiger charge is 2.58. The zero-order valence-electron chi connectivity index (χ0n) is 7.70. The third kappa shape index (κ3) is 1.07. The minimum Gasteiger partial charge on any atom is -0.393 e. The third-order valence-corrected chi connectivity index (χ3v) is 3.90. The van der Waals surface area contributed by atoms with Crippen molar-refractivity contribution in [3.8, 4) is 0 Å². The molecule has 2 heterocycles. The molecule has 3 nitrogen and oxygen atoms in total. The van der Waals surface area contributed by atoms with E-state index in [-0.39, 0.29) is 6.61 Å². The van der Waals surface area contributed by atoms with Crippen molar-refractivity contribution >= 4 is 0 Å². The predicted molar refractivity (Wildman–Crippen MR) is 45.9 cm³/mol. The van der Waals surface area contributed by atoms with E-state index in [0.29, 0.717) is 11.8 Å². The second-order valence-electron chi connectivity index (χ2n) is 5.17. The highest BCUT2D eigenvalue weighted by molar-refractivity contribution is 5.04. The van der Waals surface area contributed by atoms with Crippen LogP contribution in [0.1, 0.15) is 32.1 Å². The molecular weight excluding hydrogens is 168 g/mol. The summed E-state index contributed by atoms with van der Waals surface area (Å²) in [5, 5.41) is 19.4. The van der Waals surface area contributed by atoms with Gasteiger partial charge in [-0.2, -0.15) is 0 Å². The molecule has 0 aromatic carbocycles. The molecule has 0 radical (unpaired) electrons. The van der Waals surface area contributed by atoms with Crippen LogP contribution in [-0.4, -0.2) is 28.2 Å². The van der Waals surface area contributed by atoms with Gasteiger partial charge >= 0.3 is 0 Å². The summed E-state index contributed by atoms with van der Waals surface area (Å²) in [6, 6.07) is 0. The largest absolute Gasteiger partial charge is 0.393 e. The Labute approximate surface area is 77.7 Å². The lowest BCUT2D eigenvalue weighted by Gasteiger charge is -2.59. The quantitative estimate of drug-likeness (QED) is 0.629. The molecule has 74 valence electrons. The van der Waals surface area contributed by atoms with Crippen LogP contribution in [0.4, 0.5) is 0 Å². The Kier molecular flexibility index (Phi) is 1.43. The Morgan fingerprint density at radius 2 is 1.77 bits per heavy atom. The zero-order valence-corrected chi connectivity index (χ0v) is 7.70. The van der Waals surface area contributed by atoms with E-state index in [4.69, 9.17) is 4.74 Å². The monoisotopic (exact) mass is 184 g/mol. The van der Waals surface area contributed by atoms with Crippen molar-refractivity contribution in [3.05, 3.63) is 0 Å². The predicted octanol–water partition coefficient (Wildman–Crippen LogP) is 0.646. The molecule has 0 aromatic heterocycles. The number of rotatable bonds is 1. The molecule has 4 aliphatic rings. The summed E-state index contributed by atoms with van der Waals surface area (Å²) in [6.07, 6.45) is 4.69. The minimum absolute atomic E-state index is 0.0717. The van der Waals surface area contributed by atoms with Gasteiger partial charge < -0.3 is 14.9 Å². The molecule has 2 N–H and O–H groups in total. The van der Waals surface area contributed by atoms with E-state index in [2.05, 4.69) is 0 Å². The maximum Gasteiger partial charge on any atom is 0.166 e. The Bertz CT molecular complexity index is 224. The summed E-state index contributed by atoms with van der Waals surface area (Å²) >= 11 is 0.